The first kappa shape index (κ1) is 10.7. The van der Waals surface area contributed by atoms with Gasteiger partial charge >= 0.3 is 5.97 Å². The molecule has 86 valence electrons. The van der Waals surface area contributed by atoms with Crippen molar-refractivity contribution in [3.63, 3.8) is 0 Å². The Morgan fingerprint density at radius 2 is 2.25 bits per heavy atom. The first-order valence-electron chi connectivity index (χ1n) is 5.03. The molecule has 6 heteroatoms. The fourth-order valence-corrected chi connectivity index (χ4v) is 2.10. The standard InChI is InChI=1S/C10H13N3O3/c1-6(14)13-4-3-8-7(5-12(2)11-8)9(13)10(15)16/h5,9H,3-4H2,1-2H3,(H,15,16). The molecule has 0 bridgehead atoms. The highest BCUT2D eigenvalue weighted by Crippen LogP contribution is 2.29. The van der Waals surface area contributed by atoms with Crippen LogP contribution in [0.5, 0.6) is 0 Å². The van der Waals surface area contributed by atoms with E-state index in [1.807, 2.05) is 0 Å². The van der Waals surface area contributed by atoms with Gasteiger partial charge in [-0.2, -0.15) is 5.10 Å². The number of nitrogens with zero attached hydrogens (tertiary/aromatic N) is 3. The number of fused-ring (bicyclic) bond motifs is 1. The van der Waals surface area contributed by atoms with Crippen LogP contribution in [0, 0.1) is 0 Å². The second-order valence-corrected chi connectivity index (χ2v) is 3.91. The van der Waals surface area contributed by atoms with Crippen molar-refractivity contribution in [2.45, 2.75) is 19.4 Å². The van der Waals surface area contributed by atoms with Crippen molar-refractivity contribution in [1.29, 1.82) is 0 Å². The maximum absolute atomic E-state index is 11.4. The van der Waals surface area contributed by atoms with Crippen LogP contribution in [0.1, 0.15) is 24.2 Å². The molecule has 1 unspecified atom stereocenters. The maximum Gasteiger partial charge on any atom is 0.331 e. The third-order valence-corrected chi connectivity index (χ3v) is 2.77. The molecule has 0 saturated carbocycles. The zero-order chi connectivity index (χ0) is 11.9. The van der Waals surface area contributed by atoms with Crippen LogP contribution in [0.4, 0.5) is 0 Å². The molecule has 6 nitrogen and oxygen atoms in total. The first-order valence-corrected chi connectivity index (χ1v) is 5.03. The molecule has 1 atom stereocenters. The van der Waals surface area contributed by atoms with Crippen LogP contribution in [-0.4, -0.2) is 38.2 Å². The molecule has 2 rings (SSSR count). The molecule has 0 aromatic carbocycles. The molecule has 1 amide bonds. The van der Waals surface area contributed by atoms with Crippen LogP contribution in [0.15, 0.2) is 6.20 Å². The monoisotopic (exact) mass is 223 g/mol. The van der Waals surface area contributed by atoms with Gasteiger partial charge in [0.1, 0.15) is 0 Å². The molecule has 0 radical (unpaired) electrons. The summed E-state index contributed by atoms with van der Waals surface area (Å²) >= 11 is 0. The Balaban J connectivity index is 2.46. The molecule has 16 heavy (non-hydrogen) atoms. The molecule has 0 spiro atoms. The van der Waals surface area contributed by atoms with Crippen molar-refractivity contribution in [1.82, 2.24) is 14.7 Å². The van der Waals surface area contributed by atoms with Gasteiger partial charge in [0.05, 0.1) is 5.69 Å². The first-order chi connectivity index (χ1) is 7.50. The Bertz CT molecular complexity index is 452. The quantitative estimate of drug-likeness (QED) is 0.724. The van der Waals surface area contributed by atoms with Crippen molar-refractivity contribution >= 4 is 11.9 Å². The van der Waals surface area contributed by atoms with E-state index in [-0.39, 0.29) is 5.91 Å². The molecule has 0 aliphatic carbocycles. The predicted octanol–water partition coefficient (Wildman–Crippen LogP) is -0.0496. The lowest BCUT2D eigenvalue weighted by Crippen LogP contribution is -2.42. The summed E-state index contributed by atoms with van der Waals surface area (Å²) in [5.74, 6) is -1.23. The second kappa shape index (κ2) is 3.62. The number of carboxylic acids is 1. The topological polar surface area (TPSA) is 75.4 Å². The number of rotatable bonds is 1. The zero-order valence-corrected chi connectivity index (χ0v) is 9.17. The SMILES string of the molecule is CC(=O)N1CCc2nn(C)cc2C1C(=O)O. The van der Waals surface area contributed by atoms with E-state index in [9.17, 15) is 14.7 Å². The fourth-order valence-electron chi connectivity index (χ4n) is 2.10. The molecule has 0 fully saturated rings. The molecule has 2 heterocycles. The summed E-state index contributed by atoms with van der Waals surface area (Å²) in [6.45, 7) is 1.80. The van der Waals surface area contributed by atoms with Crippen LogP contribution in [0.2, 0.25) is 0 Å². The lowest BCUT2D eigenvalue weighted by atomic mass is 9.99. The zero-order valence-electron chi connectivity index (χ0n) is 9.17. The molecule has 1 aliphatic rings. The normalized spacial score (nSPS) is 19.4. The summed E-state index contributed by atoms with van der Waals surface area (Å²) in [6.07, 6.45) is 2.28. The molecule has 1 aliphatic heterocycles. The second-order valence-electron chi connectivity index (χ2n) is 3.91. The number of hydrogen-bond donors (Lipinski definition) is 1. The average molecular weight is 223 g/mol. The number of carbonyl (C=O) groups is 2. The number of carbonyl (C=O) groups excluding carboxylic acids is 1. The van der Waals surface area contributed by atoms with E-state index in [1.54, 1.807) is 17.9 Å². The van der Waals surface area contributed by atoms with Crippen molar-refractivity contribution < 1.29 is 14.7 Å². The highest BCUT2D eigenvalue weighted by atomic mass is 16.4. The van der Waals surface area contributed by atoms with Gasteiger partial charge in [-0.25, -0.2) is 4.79 Å². The van der Waals surface area contributed by atoms with Gasteiger partial charge in [0.2, 0.25) is 5.91 Å². The van der Waals surface area contributed by atoms with E-state index < -0.39 is 12.0 Å². The van der Waals surface area contributed by atoms with Crippen LogP contribution >= 0.6 is 0 Å². The van der Waals surface area contributed by atoms with Gasteiger partial charge < -0.3 is 10.0 Å². The van der Waals surface area contributed by atoms with Gasteiger partial charge in [0.15, 0.2) is 6.04 Å². The molecular formula is C10H13N3O3. The van der Waals surface area contributed by atoms with Gasteiger partial charge in [0.25, 0.3) is 0 Å². The van der Waals surface area contributed by atoms with E-state index in [2.05, 4.69) is 5.10 Å². The number of aliphatic carboxylic acids is 1. The average Bonchev–Trinajstić information content (AvgIpc) is 2.55. The van der Waals surface area contributed by atoms with Gasteiger partial charge in [-0.05, 0) is 0 Å². The van der Waals surface area contributed by atoms with E-state index >= 15 is 0 Å². The Kier molecular flexibility index (Phi) is 2.41. The minimum absolute atomic E-state index is 0.220. The number of hydrogen-bond acceptors (Lipinski definition) is 3. The van der Waals surface area contributed by atoms with Crippen molar-refractivity contribution in [2.24, 2.45) is 7.05 Å². The van der Waals surface area contributed by atoms with E-state index in [4.69, 9.17) is 0 Å². The van der Waals surface area contributed by atoms with Crippen LogP contribution < -0.4 is 0 Å². The smallest absolute Gasteiger partial charge is 0.331 e. The van der Waals surface area contributed by atoms with Crippen molar-refractivity contribution in [2.75, 3.05) is 6.54 Å². The molecule has 0 saturated heterocycles. The molecule has 1 aromatic rings. The molecule has 1 N–H and O–H groups in total. The summed E-state index contributed by atoms with van der Waals surface area (Å²) in [6, 6.07) is -0.894. The van der Waals surface area contributed by atoms with Crippen molar-refractivity contribution in [3.05, 3.63) is 17.5 Å². The summed E-state index contributed by atoms with van der Waals surface area (Å²) in [5.41, 5.74) is 1.39. The Morgan fingerprint density at radius 3 is 2.81 bits per heavy atom. The highest BCUT2D eigenvalue weighted by Gasteiger charge is 2.36. The van der Waals surface area contributed by atoms with Crippen LogP contribution in [0.3, 0.4) is 0 Å². The third-order valence-electron chi connectivity index (χ3n) is 2.77. The largest absolute Gasteiger partial charge is 0.479 e. The fraction of sp³-hybridized carbons (Fsp3) is 0.500. The minimum atomic E-state index is -1.01. The van der Waals surface area contributed by atoms with Crippen LogP contribution in [-0.2, 0) is 23.1 Å². The number of carboxylic acid groups (broad SMARTS) is 1. The summed E-state index contributed by atoms with van der Waals surface area (Å²) in [4.78, 5) is 23.9. The number of aryl methyl sites for hydroxylation is 1. The van der Waals surface area contributed by atoms with Gasteiger partial charge in [-0.1, -0.05) is 0 Å². The summed E-state index contributed by atoms with van der Waals surface area (Å²) in [5, 5.41) is 13.4. The van der Waals surface area contributed by atoms with Gasteiger partial charge in [-0.3, -0.25) is 9.48 Å². The Hall–Kier alpha value is -1.85. The number of aromatic nitrogens is 2. The Labute approximate surface area is 92.5 Å². The summed E-state index contributed by atoms with van der Waals surface area (Å²) < 4.78 is 1.59. The van der Waals surface area contributed by atoms with E-state index in [0.717, 1.165) is 5.69 Å². The third kappa shape index (κ3) is 1.56. The summed E-state index contributed by atoms with van der Waals surface area (Å²) in [7, 11) is 1.75. The maximum atomic E-state index is 11.4. The minimum Gasteiger partial charge on any atom is -0.479 e. The predicted molar refractivity (Wildman–Crippen MR) is 54.7 cm³/mol. The van der Waals surface area contributed by atoms with Gasteiger partial charge in [-0.15, -0.1) is 0 Å². The van der Waals surface area contributed by atoms with Crippen LogP contribution in [0.25, 0.3) is 0 Å². The highest BCUT2D eigenvalue weighted by molar-refractivity contribution is 5.84. The van der Waals surface area contributed by atoms with E-state index in [0.29, 0.717) is 18.5 Å². The Morgan fingerprint density at radius 1 is 1.56 bits per heavy atom. The molecule has 1 aromatic heterocycles. The lowest BCUT2D eigenvalue weighted by Gasteiger charge is -2.31. The van der Waals surface area contributed by atoms with Gasteiger partial charge in [0, 0.05) is 38.7 Å². The molecular weight excluding hydrogens is 210 g/mol. The van der Waals surface area contributed by atoms with Crippen molar-refractivity contribution in [3.8, 4) is 0 Å². The van der Waals surface area contributed by atoms with E-state index in [1.165, 1.54) is 11.8 Å². The number of amides is 1. The lowest BCUT2D eigenvalue weighted by molar-refractivity contribution is -0.150.